The quantitative estimate of drug-likeness (QED) is 0.870. The first kappa shape index (κ1) is 15.3. The molecular weight excluding hydrogens is 255 g/mol. The second-order valence-electron chi connectivity index (χ2n) is 5.90. The first-order valence-corrected chi connectivity index (χ1v) is 7.50. The van der Waals surface area contributed by atoms with Crippen molar-refractivity contribution < 1.29 is 9.50 Å². The zero-order valence-corrected chi connectivity index (χ0v) is 12.4. The first-order chi connectivity index (χ1) is 9.56. The van der Waals surface area contributed by atoms with E-state index in [1.807, 2.05) is 6.92 Å². The molecule has 0 saturated carbocycles. The van der Waals surface area contributed by atoms with E-state index in [1.165, 1.54) is 38.1 Å². The second-order valence-corrected chi connectivity index (χ2v) is 5.90. The Morgan fingerprint density at radius 1 is 1.40 bits per heavy atom. The molecule has 2 rings (SSSR count). The van der Waals surface area contributed by atoms with Gasteiger partial charge in [-0.2, -0.15) is 0 Å². The highest BCUT2D eigenvalue weighted by atomic mass is 19.1. The molecule has 1 unspecified atom stereocenters. The van der Waals surface area contributed by atoms with Gasteiger partial charge in [0, 0.05) is 30.8 Å². The third-order valence-corrected chi connectivity index (χ3v) is 4.21. The lowest BCUT2D eigenvalue weighted by Crippen LogP contribution is -2.38. The number of hydrogen-bond donors (Lipinski definition) is 2. The molecular formula is C16H25FN2O. The van der Waals surface area contributed by atoms with Crippen molar-refractivity contribution in [3.05, 3.63) is 29.6 Å². The normalized spacial score (nSPS) is 19.1. The van der Waals surface area contributed by atoms with Crippen LogP contribution in [0.4, 0.5) is 4.39 Å². The van der Waals surface area contributed by atoms with Crippen molar-refractivity contribution in [1.29, 1.82) is 0 Å². The lowest BCUT2D eigenvalue weighted by Gasteiger charge is -2.30. The van der Waals surface area contributed by atoms with Crippen LogP contribution in [0.3, 0.4) is 0 Å². The molecule has 2 N–H and O–H groups in total. The third-order valence-electron chi connectivity index (χ3n) is 4.21. The molecule has 1 atom stereocenters. The van der Waals surface area contributed by atoms with Gasteiger partial charge in [0.25, 0.3) is 0 Å². The highest BCUT2D eigenvalue weighted by Crippen LogP contribution is 2.24. The van der Waals surface area contributed by atoms with E-state index in [-0.39, 0.29) is 11.8 Å². The summed E-state index contributed by atoms with van der Waals surface area (Å²) in [6.07, 6.45) is 2.57. The van der Waals surface area contributed by atoms with Gasteiger partial charge in [-0.05, 0) is 44.8 Å². The van der Waals surface area contributed by atoms with Crippen LogP contribution in [-0.2, 0) is 0 Å². The van der Waals surface area contributed by atoms with Crippen molar-refractivity contribution >= 4 is 0 Å². The molecule has 0 spiro atoms. The number of nitrogens with zero attached hydrogens (tertiary/aromatic N) is 1. The zero-order valence-electron chi connectivity index (χ0n) is 12.4. The summed E-state index contributed by atoms with van der Waals surface area (Å²) in [5.74, 6) is 0.479. The lowest BCUT2D eigenvalue weighted by atomic mass is 9.99. The van der Waals surface area contributed by atoms with Crippen molar-refractivity contribution in [2.24, 2.45) is 5.92 Å². The predicted octanol–water partition coefficient (Wildman–Crippen LogP) is 2.91. The summed E-state index contributed by atoms with van der Waals surface area (Å²) in [7, 11) is 0. The Bertz CT molecular complexity index is 430. The fourth-order valence-electron chi connectivity index (χ4n) is 2.72. The van der Waals surface area contributed by atoms with Crippen molar-refractivity contribution in [2.45, 2.75) is 32.7 Å². The number of halogens is 1. The van der Waals surface area contributed by atoms with Gasteiger partial charge in [0.1, 0.15) is 11.6 Å². The number of piperidine rings is 1. The minimum atomic E-state index is -0.402. The number of nitrogens with one attached hydrogen (secondary N) is 1. The minimum absolute atomic E-state index is 0.0248. The lowest BCUT2D eigenvalue weighted by molar-refractivity contribution is 0.191. The van der Waals surface area contributed by atoms with Gasteiger partial charge < -0.3 is 15.3 Å². The van der Waals surface area contributed by atoms with Gasteiger partial charge in [0.05, 0.1) is 0 Å². The number of rotatable bonds is 5. The van der Waals surface area contributed by atoms with E-state index in [0.717, 1.165) is 24.6 Å². The largest absolute Gasteiger partial charge is 0.508 e. The number of hydrogen-bond acceptors (Lipinski definition) is 3. The number of likely N-dealkylation sites (tertiary alicyclic amines) is 1. The molecule has 1 heterocycles. The highest BCUT2D eigenvalue weighted by Gasteiger charge is 2.16. The summed E-state index contributed by atoms with van der Waals surface area (Å²) in [4.78, 5) is 2.48. The van der Waals surface area contributed by atoms with Crippen LogP contribution in [0.5, 0.6) is 5.75 Å². The molecule has 1 aromatic rings. The van der Waals surface area contributed by atoms with Crippen molar-refractivity contribution in [3.8, 4) is 5.75 Å². The summed E-state index contributed by atoms with van der Waals surface area (Å²) in [6.45, 7) is 8.57. The monoisotopic (exact) mass is 280 g/mol. The Morgan fingerprint density at radius 2 is 2.10 bits per heavy atom. The SMILES string of the molecule is CC1CCN(CCNC(C)c2ccc(F)cc2O)CC1. The fraction of sp³-hybridized carbons (Fsp3) is 0.625. The van der Waals surface area contributed by atoms with Gasteiger partial charge in [-0.1, -0.05) is 13.0 Å². The molecule has 20 heavy (non-hydrogen) atoms. The summed E-state index contributed by atoms with van der Waals surface area (Å²) >= 11 is 0. The van der Waals surface area contributed by atoms with Crippen LogP contribution in [0.15, 0.2) is 18.2 Å². The number of benzene rings is 1. The Labute approximate surface area is 120 Å². The van der Waals surface area contributed by atoms with Crippen LogP contribution in [0.25, 0.3) is 0 Å². The van der Waals surface area contributed by atoms with E-state index >= 15 is 0 Å². The average Bonchev–Trinajstić information content (AvgIpc) is 2.41. The molecule has 4 heteroatoms. The Balaban J connectivity index is 1.76. The third kappa shape index (κ3) is 4.18. The van der Waals surface area contributed by atoms with E-state index in [4.69, 9.17) is 0 Å². The van der Waals surface area contributed by atoms with Crippen molar-refractivity contribution in [1.82, 2.24) is 10.2 Å². The smallest absolute Gasteiger partial charge is 0.126 e. The van der Waals surface area contributed by atoms with Gasteiger partial charge in [-0.15, -0.1) is 0 Å². The standard InChI is InChI=1S/C16H25FN2O/c1-12-5-8-19(9-6-12)10-7-18-13(2)15-4-3-14(17)11-16(15)20/h3-4,11-13,18,20H,5-10H2,1-2H3. The van der Waals surface area contributed by atoms with E-state index in [1.54, 1.807) is 6.07 Å². The number of aromatic hydroxyl groups is 1. The first-order valence-electron chi connectivity index (χ1n) is 7.50. The van der Waals surface area contributed by atoms with Gasteiger partial charge in [0.15, 0.2) is 0 Å². The van der Waals surface area contributed by atoms with E-state index in [9.17, 15) is 9.50 Å². The molecule has 0 aliphatic carbocycles. The molecule has 0 aromatic heterocycles. The highest BCUT2D eigenvalue weighted by molar-refractivity contribution is 5.34. The Hall–Kier alpha value is -1.13. The molecule has 1 saturated heterocycles. The maximum Gasteiger partial charge on any atom is 0.126 e. The molecule has 1 aliphatic rings. The summed E-state index contributed by atoms with van der Waals surface area (Å²) in [5.41, 5.74) is 0.749. The second kappa shape index (κ2) is 7.04. The van der Waals surface area contributed by atoms with Crippen LogP contribution in [0.1, 0.15) is 38.3 Å². The fourth-order valence-corrected chi connectivity index (χ4v) is 2.72. The minimum Gasteiger partial charge on any atom is -0.508 e. The Morgan fingerprint density at radius 3 is 2.75 bits per heavy atom. The zero-order chi connectivity index (χ0) is 14.5. The molecule has 0 radical (unpaired) electrons. The number of phenols is 1. The van der Waals surface area contributed by atoms with Gasteiger partial charge >= 0.3 is 0 Å². The predicted molar refractivity (Wildman–Crippen MR) is 79.3 cm³/mol. The summed E-state index contributed by atoms with van der Waals surface area (Å²) < 4.78 is 13.0. The van der Waals surface area contributed by atoms with Crippen LogP contribution in [0, 0.1) is 11.7 Å². The molecule has 1 fully saturated rings. The Kier molecular flexibility index (Phi) is 5.38. The van der Waals surface area contributed by atoms with Gasteiger partial charge in [-0.25, -0.2) is 4.39 Å². The van der Waals surface area contributed by atoms with Crippen molar-refractivity contribution in [3.63, 3.8) is 0 Å². The summed E-state index contributed by atoms with van der Waals surface area (Å²) in [6, 6.07) is 4.23. The van der Waals surface area contributed by atoms with Gasteiger partial charge in [-0.3, -0.25) is 0 Å². The van der Waals surface area contributed by atoms with E-state index in [0.29, 0.717) is 0 Å². The molecule has 0 bridgehead atoms. The summed E-state index contributed by atoms with van der Waals surface area (Å²) in [5, 5.41) is 13.1. The molecule has 0 amide bonds. The van der Waals surface area contributed by atoms with Crippen LogP contribution >= 0.6 is 0 Å². The van der Waals surface area contributed by atoms with Crippen LogP contribution in [0.2, 0.25) is 0 Å². The van der Waals surface area contributed by atoms with E-state index in [2.05, 4.69) is 17.1 Å². The van der Waals surface area contributed by atoms with Crippen LogP contribution < -0.4 is 5.32 Å². The maximum atomic E-state index is 13.0. The topological polar surface area (TPSA) is 35.5 Å². The molecule has 3 nitrogen and oxygen atoms in total. The molecule has 1 aliphatic heterocycles. The average molecular weight is 280 g/mol. The maximum absolute atomic E-state index is 13.0. The van der Waals surface area contributed by atoms with E-state index < -0.39 is 5.82 Å². The van der Waals surface area contributed by atoms with Crippen molar-refractivity contribution in [2.75, 3.05) is 26.2 Å². The molecule has 1 aromatic carbocycles. The molecule has 112 valence electrons. The number of phenolic OH excluding ortho intramolecular Hbond substituents is 1. The van der Waals surface area contributed by atoms with Gasteiger partial charge in [0.2, 0.25) is 0 Å². The van der Waals surface area contributed by atoms with Crippen LogP contribution in [-0.4, -0.2) is 36.2 Å².